The minimum Gasteiger partial charge on any atom is -0.457 e. The van der Waals surface area contributed by atoms with E-state index in [-0.39, 0.29) is 108 Å². The molecule has 2 nitrogen and oxygen atoms in total. The van der Waals surface area contributed by atoms with Crippen LogP contribution in [-0.4, -0.2) is 0 Å². The number of rotatable bonds is 8. The summed E-state index contributed by atoms with van der Waals surface area (Å²) in [6, 6.07) is 42.3. The minimum absolute atomic E-state index is 0. The number of halogens is 2. The SMILES string of the molecule is Cc1ccc([I+]c2ccc(Oc3ccc(Oc4ccc([I+]c5ccc(C)cc5)cc4)cc3)cc2)cc1.[Y].[Y]. The fourth-order valence-electron chi connectivity index (χ4n) is 3.42. The van der Waals surface area contributed by atoms with Gasteiger partial charge in [0.2, 0.25) is 0 Å². The van der Waals surface area contributed by atoms with Crippen LogP contribution in [0.3, 0.4) is 0 Å². The molecule has 0 bridgehead atoms. The van der Waals surface area contributed by atoms with Crippen LogP contribution in [0, 0.1) is 28.1 Å². The van der Waals surface area contributed by atoms with Crippen LogP contribution in [0.2, 0.25) is 0 Å². The van der Waals surface area contributed by atoms with Crippen molar-refractivity contribution in [3.63, 3.8) is 0 Å². The minimum atomic E-state index is -0.174. The molecule has 0 spiro atoms. The van der Waals surface area contributed by atoms with Crippen molar-refractivity contribution >= 4 is 0 Å². The van der Waals surface area contributed by atoms with Gasteiger partial charge in [-0.2, -0.15) is 0 Å². The van der Waals surface area contributed by atoms with Crippen LogP contribution in [0.1, 0.15) is 11.1 Å². The van der Waals surface area contributed by atoms with E-state index >= 15 is 0 Å². The second kappa shape index (κ2) is 16.0. The zero-order valence-electron chi connectivity index (χ0n) is 21.3. The Hall–Kier alpha value is -0.632. The number of hydrogen-bond donors (Lipinski definition) is 0. The summed E-state index contributed by atoms with van der Waals surface area (Å²) in [5.41, 5.74) is 2.60. The maximum atomic E-state index is 6.04. The molecule has 0 aromatic heterocycles. The van der Waals surface area contributed by atoms with Gasteiger partial charge in [0.1, 0.15) is 23.0 Å². The van der Waals surface area contributed by atoms with Crippen molar-refractivity contribution in [1.29, 1.82) is 0 Å². The molecular formula is C32H26I2O2Y2+2. The molecule has 0 N–H and O–H groups in total. The molecule has 0 saturated carbocycles. The molecular weight excluding hydrogens is 848 g/mol. The smallest absolute Gasteiger partial charge is 0.357 e. The number of benzene rings is 5. The van der Waals surface area contributed by atoms with E-state index in [9.17, 15) is 0 Å². The van der Waals surface area contributed by atoms with Crippen LogP contribution in [0.25, 0.3) is 0 Å². The maximum Gasteiger partial charge on any atom is 0.357 e. The summed E-state index contributed by atoms with van der Waals surface area (Å²) in [5.74, 6) is 3.27. The fraction of sp³-hybridized carbons (Fsp3) is 0.0625. The average molecular weight is 874 g/mol. The van der Waals surface area contributed by atoms with Gasteiger partial charge < -0.3 is 9.47 Å². The average Bonchev–Trinajstić information content (AvgIpc) is 2.90. The first-order chi connectivity index (χ1) is 17.6. The quantitative estimate of drug-likeness (QED) is 0.223. The molecule has 6 heteroatoms. The van der Waals surface area contributed by atoms with Crippen LogP contribution in [0.5, 0.6) is 23.0 Å². The van der Waals surface area contributed by atoms with Gasteiger partial charge in [0, 0.05) is 65.4 Å². The molecule has 38 heavy (non-hydrogen) atoms. The van der Waals surface area contributed by atoms with Crippen molar-refractivity contribution in [2.75, 3.05) is 0 Å². The van der Waals surface area contributed by atoms with Crippen molar-refractivity contribution in [3.8, 4) is 23.0 Å². The first kappa shape index (κ1) is 31.9. The zero-order valence-corrected chi connectivity index (χ0v) is 31.3. The molecule has 0 aliphatic rings. The van der Waals surface area contributed by atoms with E-state index < -0.39 is 0 Å². The molecule has 0 fully saturated rings. The molecule has 5 aromatic carbocycles. The molecule has 0 unspecified atom stereocenters. The summed E-state index contributed by atoms with van der Waals surface area (Å²) in [6.45, 7) is 4.25. The Balaban J connectivity index is 0.00000200. The second-order valence-electron chi connectivity index (χ2n) is 8.36. The van der Waals surface area contributed by atoms with Crippen molar-refractivity contribution < 1.29 is 117 Å². The number of ether oxygens (including phenoxy) is 2. The van der Waals surface area contributed by atoms with Crippen LogP contribution in [-0.2, 0) is 65.4 Å². The first-order valence-electron chi connectivity index (χ1n) is 11.7. The van der Waals surface area contributed by atoms with E-state index in [2.05, 4.69) is 111 Å². The van der Waals surface area contributed by atoms with Crippen molar-refractivity contribution in [3.05, 3.63) is 147 Å². The predicted octanol–water partition coefficient (Wildman–Crippen LogP) is 2.14. The normalized spacial score (nSPS) is 10.2. The first-order valence-corrected chi connectivity index (χ1v) is 16.0. The van der Waals surface area contributed by atoms with Crippen LogP contribution >= 0.6 is 0 Å². The third-order valence-corrected chi connectivity index (χ3v) is 10.7. The summed E-state index contributed by atoms with van der Waals surface area (Å²) >= 11 is -0.348. The molecule has 0 saturated heterocycles. The van der Waals surface area contributed by atoms with Crippen molar-refractivity contribution in [2.45, 2.75) is 13.8 Å². The van der Waals surface area contributed by atoms with Crippen LogP contribution in [0.4, 0.5) is 0 Å². The molecule has 0 atom stereocenters. The standard InChI is InChI=1S/C32H26I2O2.2Y/c1-23-3-7-25(8-4-23)33-27-11-15-29(16-12-27)35-31-19-21-32(22-20-31)36-30-17-13-28(14-18-30)34-26-9-5-24(2)6-10-26;;/h3-22H,1-2H3;;/q+2;;. The van der Waals surface area contributed by atoms with Gasteiger partial charge in [-0.15, -0.1) is 0 Å². The van der Waals surface area contributed by atoms with Gasteiger partial charge in [-0.3, -0.25) is 0 Å². The summed E-state index contributed by atoms with van der Waals surface area (Å²) in [5, 5.41) is 0. The van der Waals surface area contributed by atoms with E-state index in [0.29, 0.717) is 0 Å². The van der Waals surface area contributed by atoms with E-state index in [4.69, 9.17) is 9.47 Å². The van der Waals surface area contributed by atoms with E-state index in [1.165, 1.54) is 25.4 Å². The maximum absolute atomic E-state index is 6.04. The fourth-order valence-corrected chi connectivity index (χ4v) is 7.74. The van der Waals surface area contributed by atoms with E-state index in [0.717, 1.165) is 23.0 Å². The molecule has 0 heterocycles. The van der Waals surface area contributed by atoms with Gasteiger partial charge >= 0.3 is 42.4 Å². The Labute approximate surface area is 296 Å². The molecule has 5 aromatic rings. The van der Waals surface area contributed by atoms with Gasteiger partial charge in [-0.25, -0.2) is 0 Å². The van der Waals surface area contributed by atoms with Gasteiger partial charge in [0.05, 0.1) is 0 Å². The Morgan fingerprint density at radius 3 is 0.816 bits per heavy atom. The third kappa shape index (κ3) is 9.78. The summed E-state index contributed by atoms with van der Waals surface area (Å²) in [6.07, 6.45) is 0. The molecule has 0 amide bonds. The van der Waals surface area contributed by atoms with Crippen LogP contribution in [0.15, 0.2) is 121 Å². The molecule has 184 valence electrons. The zero-order chi connectivity index (χ0) is 24.7. The monoisotopic (exact) mass is 874 g/mol. The number of hydrogen-bond acceptors (Lipinski definition) is 2. The van der Waals surface area contributed by atoms with Gasteiger partial charge in [-0.1, -0.05) is 35.4 Å². The second-order valence-corrected chi connectivity index (χ2v) is 14.4. The Morgan fingerprint density at radius 1 is 0.342 bits per heavy atom. The molecule has 5 rings (SSSR count). The molecule has 2 radical (unpaired) electrons. The predicted molar refractivity (Wildman–Crippen MR) is 137 cm³/mol. The Kier molecular flexibility index (Phi) is 13.4. The molecule has 0 aliphatic carbocycles. The topological polar surface area (TPSA) is 18.5 Å². The summed E-state index contributed by atoms with van der Waals surface area (Å²) in [4.78, 5) is 0. The largest absolute Gasteiger partial charge is 0.457 e. The Bertz CT molecular complexity index is 1290. The van der Waals surface area contributed by atoms with Gasteiger partial charge in [0.25, 0.3) is 0 Å². The number of aryl methyl sites for hydroxylation is 2. The van der Waals surface area contributed by atoms with E-state index in [1.807, 2.05) is 24.3 Å². The summed E-state index contributed by atoms with van der Waals surface area (Å²) < 4.78 is 17.7. The third-order valence-electron chi connectivity index (χ3n) is 5.38. The molecule has 0 aliphatic heterocycles. The summed E-state index contributed by atoms with van der Waals surface area (Å²) in [7, 11) is 0. The van der Waals surface area contributed by atoms with Crippen LogP contribution < -0.4 is 51.9 Å². The van der Waals surface area contributed by atoms with Crippen molar-refractivity contribution in [2.24, 2.45) is 0 Å². The Morgan fingerprint density at radius 2 is 0.553 bits per heavy atom. The van der Waals surface area contributed by atoms with Gasteiger partial charge in [-0.05, 0) is 111 Å². The van der Waals surface area contributed by atoms with Gasteiger partial charge in [0.15, 0.2) is 14.3 Å². The van der Waals surface area contributed by atoms with Crippen molar-refractivity contribution in [1.82, 2.24) is 0 Å². The van der Waals surface area contributed by atoms with E-state index in [1.54, 1.807) is 0 Å².